The Bertz CT molecular complexity index is 145. The van der Waals surface area contributed by atoms with Crippen LogP contribution in [0, 0.1) is 0 Å². The van der Waals surface area contributed by atoms with Crippen LogP contribution in [0.2, 0.25) is 0 Å². The molecule has 0 aromatic rings. The lowest BCUT2D eigenvalue weighted by atomic mass is 10.1. The summed E-state index contributed by atoms with van der Waals surface area (Å²) in [5.74, 6) is 0. The zero-order chi connectivity index (χ0) is 11.5. The Kier molecular flexibility index (Phi) is 9.96. The Hall–Kier alpha value is -0.340. The Morgan fingerprint density at radius 2 is 2.00 bits per heavy atom. The fourth-order valence-electron chi connectivity index (χ4n) is 1.48. The molecule has 0 fully saturated rings. The molecule has 0 saturated heterocycles. The topological polar surface area (TPSA) is 21.3 Å². The van der Waals surface area contributed by atoms with Gasteiger partial charge in [0.25, 0.3) is 0 Å². The average Bonchev–Trinajstić information content (AvgIpc) is 2.22. The van der Waals surface area contributed by atoms with Crippen LogP contribution >= 0.6 is 0 Å². The van der Waals surface area contributed by atoms with Gasteiger partial charge in [-0.15, -0.1) is 6.58 Å². The molecule has 1 atom stereocenters. The third-order valence-electron chi connectivity index (χ3n) is 2.50. The predicted molar refractivity (Wildman–Crippen MR) is 67.2 cm³/mol. The summed E-state index contributed by atoms with van der Waals surface area (Å²) in [4.78, 5) is 0. The minimum absolute atomic E-state index is 0.335. The van der Waals surface area contributed by atoms with Gasteiger partial charge in [-0.05, 0) is 40.2 Å². The molecule has 0 aliphatic rings. The largest absolute Gasteiger partial charge is 0.377 e. The summed E-state index contributed by atoms with van der Waals surface area (Å²) in [7, 11) is 2.01. The van der Waals surface area contributed by atoms with Gasteiger partial charge in [0, 0.05) is 6.04 Å². The lowest BCUT2D eigenvalue weighted by Gasteiger charge is -2.17. The summed E-state index contributed by atoms with van der Waals surface area (Å²) in [6, 6.07) is 0.510. The molecule has 0 amide bonds. The lowest BCUT2D eigenvalue weighted by molar-refractivity contribution is 0.0606. The first-order valence-electron chi connectivity index (χ1n) is 6.10. The normalized spacial score (nSPS) is 13.1. The van der Waals surface area contributed by atoms with Crippen molar-refractivity contribution in [3.05, 3.63) is 12.7 Å². The SMILES string of the molecule is C=CCCCCCC(COC(C)C)NC. The Balaban J connectivity index is 3.39. The molecular weight excluding hydrogens is 186 g/mol. The lowest BCUT2D eigenvalue weighted by Crippen LogP contribution is -2.31. The molecule has 0 heterocycles. The van der Waals surface area contributed by atoms with Crippen molar-refractivity contribution in [1.82, 2.24) is 5.32 Å². The van der Waals surface area contributed by atoms with Crippen LogP contribution in [0.15, 0.2) is 12.7 Å². The molecule has 2 heteroatoms. The molecule has 1 unspecified atom stereocenters. The van der Waals surface area contributed by atoms with Crippen LogP contribution in [0.3, 0.4) is 0 Å². The van der Waals surface area contributed by atoms with Crippen LogP contribution in [0.5, 0.6) is 0 Å². The molecule has 0 spiro atoms. The van der Waals surface area contributed by atoms with E-state index in [4.69, 9.17) is 4.74 Å². The van der Waals surface area contributed by atoms with Crippen molar-refractivity contribution in [2.75, 3.05) is 13.7 Å². The number of hydrogen-bond acceptors (Lipinski definition) is 2. The summed E-state index contributed by atoms with van der Waals surface area (Å²) >= 11 is 0. The number of unbranched alkanes of at least 4 members (excludes halogenated alkanes) is 3. The van der Waals surface area contributed by atoms with E-state index in [1.165, 1.54) is 25.7 Å². The van der Waals surface area contributed by atoms with E-state index in [0.29, 0.717) is 12.1 Å². The second kappa shape index (κ2) is 10.2. The van der Waals surface area contributed by atoms with Crippen LogP contribution < -0.4 is 5.32 Å². The summed E-state index contributed by atoms with van der Waals surface area (Å²) in [5, 5.41) is 3.30. The van der Waals surface area contributed by atoms with Crippen molar-refractivity contribution in [3.8, 4) is 0 Å². The Labute approximate surface area is 95.1 Å². The number of ether oxygens (including phenoxy) is 1. The molecule has 15 heavy (non-hydrogen) atoms. The van der Waals surface area contributed by atoms with Gasteiger partial charge in [-0.1, -0.05) is 18.9 Å². The number of hydrogen-bond donors (Lipinski definition) is 1. The first kappa shape index (κ1) is 14.7. The van der Waals surface area contributed by atoms with Crippen molar-refractivity contribution in [2.45, 2.75) is 58.1 Å². The molecule has 2 nitrogen and oxygen atoms in total. The van der Waals surface area contributed by atoms with Crippen LogP contribution in [0.4, 0.5) is 0 Å². The monoisotopic (exact) mass is 213 g/mol. The molecule has 0 rings (SSSR count). The van der Waals surface area contributed by atoms with Gasteiger partial charge in [-0.25, -0.2) is 0 Å². The van der Waals surface area contributed by atoms with E-state index in [1.54, 1.807) is 0 Å². The number of nitrogens with one attached hydrogen (secondary N) is 1. The zero-order valence-corrected chi connectivity index (χ0v) is 10.6. The van der Waals surface area contributed by atoms with Crippen LogP contribution in [0.25, 0.3) is 0 Å². The van der Waals surface area contributed by atoms with Gasteiger partial charge in [-0.3, -0.25) is 0 Å². The molecule has 90 valence electrons. The highest BCUT2D eigenvalue weighted by molar-refractivity contribution is 4.67. The van der Waals surface area contributed by atoms with Gasteiger partial charge >= 0.3 is 0 Å². The highest BCUT2D eigenvalue weighted by Gasteiger charge is 2.06. The molecule has 1 N–H and O–H groups in total. The molecule has 0 aliphatic carbocycles. The quantitative estimate of drug-likeness (QED) is 0.444. The molecule has 0 aromatic carbocycles. The fourth-order valence-corrected chi connectivity index (χ4v) is 1.48. The van der Waals surface area contributed by atoms with Crippen LogP contribution in [0.1, 0.15) is 46.0 Å². The van der Waals surface area contributed by atoms with Crippen LogP contribution in [-0.4, -0.2) is 25.8 Å². The molecule has 0 aliphatic heterocycles. The summed E-state index contributed by atoms with van der Waals surface area (Å²) < 4.78 is 5.59. The Morgan fingerprint density at radius 3 is 2.53 bits per heavy atom. The first-order chi connectivity index (χ1) is 7.20. The van der Waals surface area contributed by atoms with Gasteiger partial charge in [-0.2, -0.15) is 0 Å². The smallest absolute Gasteiger partial charge is 0.0622 e. The maximum Gasteiger partial charge on any atom is 0.0622 e. The Morgan fingerprint density at radius 1 is 1.27 bits per heavy atom. The molecule has 0 saturated carbocycles. The van der Waals surface area contributed by atoms with E-state index in [1.807, 2.05) is 13.1 Å². The standard InChI is InChI=1S/C13H27NO/c1-5-6-7-8-9-10-13(14-4)11-15-12(2)3/h5,12-14H,1,6-11H2,2-4H3. The van der Waals surface area contributed by atoms with Gasteiger partial charge in [0.15, 0.2) is 0 Å². The first-order valence-corrected chi connectivity index (χ1v) is 6.10. The van der Waals surface area contributed by atoms with Crippen molar-refractivity contribution in [1.29, 1.82) is 0 Å². The highest BCUT2D eigenvalue weighted by Crippen LogP contribution is 2.07. The minimum atomic E-state index is 0.335. The van der Waals surface area contributed by atoms with Gasteiger partial charge < -0.3 is 10.1 Å². The number of likely N-dealkylation sites (N-methyl/N-ethyl adjacent to an activating group) is 1. The second-order valence-electron chi connectivity index (χ2n) is 4.29. The summed E-state index contributed by atoms with van der Waals surface area (Å²) in [5.41, 5.74) is 0. The third kappa shape index (κ3) is 9.95. The average molecular weight is 213 g/mol. The number of rotatable bonds is 10. The highest BCUT2D eigenvalue weighted by atomic mass is 16.5. The van der Waals surface area contributed by atoms with Crippen molar-refractivity contribution in [3.63, 3.8) is 0 Å². The molecule has 0 bridgehead atoms. The molecule has 0 aromatic heterocycles. The van der Waals surface area contributed by atoms with Gasteiger partial charge in [0.05, 0.1) is 12.7 Å². The van der Waals surface area contributed by atoms with Crippen molar-refractivity contribution < 1.29 is 4.74 Å². The maximum atomic E-state index is 5.59. The van der Waals surface area contributed by atoms with E-state index in [-0.39, 0.29) is 0 Å². The fraction of sp³-hybridized carbons (Fsp3) is 0.846. The molecule has 0 radical (unpaired) electrons. The molecular formula is C13H27NO. The van der Waals surface area contributed by atoms with E-state index in [2.05, 4.69) is 25.7 Å². The maximum absolute atomic E-state index is 5.59. The zero-order valence-electron chi connectivity index (χ0n) is 10.6. The number of allylic oxidation sites excluding steroid dienone is 1. The van der Waals surface area contributed by atoms with Crippen molar-refractivity contribution >= 4 is 0 Å². The third-order valence-corrected chi connectivity index (χ3v) is 2.50. The minimum Gasteiger partial charge on any atom is -0.377 e. The van der Waals surface area contributed by atoms with E-state index < -0.39 is 0 Å². The summed E-state index contributed by atoms with van der Waals surface area (Å²) in [6.07, 6.45) is 8.53. The van der Waals surface area contributed by atoms with Crippen molar-refractivity contribution in [2.24, 2.45) is 0 Å². The van der Waals surface area contributed by atoms with Crippen LogP contribution in [-0.2, 0) is 4.74 Å². The van der Waals surface area contributed by atoms with Gasteiger partial charge in [0.2, 0.25) is 0 Å². The van der Waals surface area contributed by atoms with E-state index in [0.717, 1.165) is 13.0 Å². The van der Waals surface area contributed by atoms with E-state index >= 15 is 0 Å². The van der Waals surface area contributed by atoms with E-state index in [9.17, 15) is 0 Å². The summed E-state index contributed by atoms with van der Waals surface area (Å²) in [6.45, 7) is 8.72. The second-order valence-corrected chi connectivity index (χ2v) is 4.29. The van der Waals surface area contributed by atoms with Gasteiger partial charge in [0.1, 0.15) is 0 Å². The predicted octanol–water partition coefficient (Wildman–Crippen LogP) is 3.14.